The van der Waals surface area contributed by atoms with E-state index in [2.05, 4.69) is 12.4 Å². The Kier molecular flexibility index (Phi) is 3.20. The predicted octanol–water partition coefficient (Wildman–Crippen LogP) is 2.21. The van der Waals surface area contributed by atoms with E-state index in [0.29, 0.717) is 0 Å². The Labute approximate surface area is 75.4 Å². The summed E-state index contributed by atoms with van der Waals surface area (Å²) in [6.07, 6.45) is 7.49. The summed E-state index contributed by atoms with van der Waals surface area (Å²) in [6, 6.07) is 0.868. The summed E-state index contributed by atoms with van der Waals surface area (Å²) in [4.78, 5) is 0. The molecule has 2 bridgehead atoms. The van der Waals surface area contributed by atoms with Crippen LogP contribution >= 0.6 is 12.4 Å². The molecule has 3 fully saturated rings. The molecule has 0 aromatic rings. The number of rotatable bonds is 1. The number of nitrogens with one attached hydrogen (secondary N) is 1. The van der Waals surface area contributed by atoms with Crippen LogP contribution in [-0.2, 0) is 0 Å². The van der Waals surface area contributed by atoms with Crippen molar-refractivity contribution < 1.29 is 0 Å². The smallest absolute Gasteiger partial charge is 0.00949 e. The first-order valence-electron chi connectivity index (χ1n) is 4.57. The first-order valence-corrected chi connectivity index (χ1v) is 4.57. The third kappa shape index (κ3) is 1.70. The van der Waals surface area contributed by atoms with Crippen molar-refractivity contribution in [1.82, 2.24) is 5.32 Å². The zero-order valence-electron chi connectivity index (χ0n) is 7.18. The normalized spacial score (nSPS) is 41.7. The van der Waals surface area contributed by atoms with Crippen LogP contribution in [-0.4, -0.2) is 13.1 Å². The van der Waals surface area contributed by atoms with Crippen LogP contribution < -0.4 is 5.32 Å². The van der Waals surface area contributed by atoms with E-state index in [1.165, 1.54) is 32.1 Å². The maximum atomic E-state index is 3.44. The fourth-order valence-electron chi connectivity index (χ4n) is 2.73. The number of hydrogen-bond donors (Lipinski definition) is 1. The van der Waals surface area contributed by atoms with Gasteiger partial charge in [-0.15, -0.1) is 12.4 Å². The second kappa shape index (κ2) is 3.77. The molecular weight excluding hydrogens is 158 g/mol. The Morgan fingerprint density at radius 2 is 1.73 bits per heavy atom. The molecule has 0 radical (unpaired) electrons. The van der Waals surface area contributed by atoms with Crippen molar-refractivity contribution >= 4 is 12.4 Å². The highest BCUT2D eigenvalue weighted by Crippen LogP contribution is 2.40. The summed E-state index contributed by atoms with van der Waals surface area (Å²) in [5, 5.41) is 3.44. The summed E-state index contributed by atoms with van der Waals surface area (Å²) in [6.45, 7) is 0. The lowest BCUT2D eigenvalue weighted by Gasteiger charge is -2.42. The molecule has 1 atom stereocenters. The third-order valence-electron chi connectivity index (χ3n) is 3.42. The highest BCUT2D eigenvalue weighted by Gasteiger charge is 2.34. The topological polar surface area (TPSA) is 12.0 Å². The second-order valence-corrected chi connectivity index (χ2v) is 3.91. The summed E-state index contributed by atoms with van der Waals surface area (Å²) < 4.78 is 0. The quantitative estimate of drug-likeness (QED) is 0.645. The Morgan fingerprint density at radius 1 is 1.09 bits per heavy atom. The molecule has 1 unspecified atom stereocenters. The first-order chi connectivity index (χ1) is 4.90. The van der Waals surface area contributed by atoms with E-state index in [0.717, 1.165) is 17.9 Å². The van der Waals surface area contributed by atoms with Crippen molar-refractivity contribution in [2.24, 2.45) is 11.8 Å². The van der Waals surface area contributed by atoms with Crippen LogP contribution in [0.3, 0.4) is 0 Å². The number of fused-ring (bicyclic) bond motifs is 3. The van der Waals surface area contributed by atoms with Gasteiger partial charge in [-0.1, -0.05) is 12.8 Å². The summed E-state index contributed by atoms with van der Waals surface area (Å²) >= 11 is 0. The van der Waals surface area contributed by atoms with Crippen molar-refractivity contribution in [1.29, 1.82) is 0 Å². The van der Waals surface area contributed by atoms with Gasteiger partial charge in [0.1, 0.15) is 0 Å². The fourth-order valence-corrected chi connectivity index (χ4v) is 2.73. The Bertz CT molecular complexity index is 119. The monoisotopic (exact) mass is 175 g/mol. The van der Waals surface area contributed by atoms with Crippen LogP contribution in [0.15, 0.2) is 0 Å². The van der Waals surface area contributed by atoms with E-state index >= 15 is 0 Å². The van der Waals surface area contributed by atoms with Crippen molar-refractivity contribution in [2.75, 3.05) is 7.05 Å². The summed E-state index contributed by atoms with van der Waals surface area (Å²) in [5.41, 5.74) is 0. The Balaban J connectivity index is 0.000000605. The maximum absolute atomic E-state index is 3.44. The van der Waals surface area contributed by atoms with Gasteiger partial charge in [-0.25, -0.2) is 0 Å². The lowest BCUT2D eigenvalue weighted by Crippen LogP contribution is -2.42. The molecule has 3 rings (SSSR count). The standard InChI is InChI=1S/C9H17N.ClH/c1-10-9-6-7-2-4-8(9)5-3-7;/h7-10H,2-6H2,1H3;1H. The van der Waals surface area contributed by atoms with E-state index < -0.39 is 0 Å². The van der Waals surface area contributed by atoms with Gasteiger partial charge in [0.2, 0.25) is 0 Å². The van der Waals surface area contributed by atoms with Gasteiger partial charge in [0.25, 0.3) is 0 Å². The molecule has 0 aliphatic heterocycles. The molecule has 66 valence electrons. The first kappa shape index (κ1) is 9.34. The molecule has 3 saturated carbocycles. The minimum absolute atomic E-state index is 0. The van der Waals surface area contributed by atoms with Gasteiger partial charge in [0, 0.05) is 6.04 Å². The minimum Gasteiger partial charge on any atom is -0.317 e. The molecule has 2 heteroatoms. The number of halogens is 1. The van der Waals surface area contributed by atoms with E-state index in [1.54, 1.807) is 0 Å². The molecule has 0 heterocycles. The lowest BCUT2D eigenvalue weighted by molar-refractivity contribution is 0.129. The molecule has 0 amide bonds. The van der Waals surface area contributed by atoms with Gasteiger partial charge in [-0.2, -0.15) is 0 Å². The van der Waals surface area contributed by atoms with Crippen LogP contribution in [0.4, 0.5) is 0 Å². The van der Waals surface area contributed by atoms with Gasteiger partial charge in [0.15, 0.2) is 0 Å². The van der Waals surface area contributed by atoms with Gasteiger partial charge in [-0.3, -0.25) is 0 Å². The predicted molar refractivity (Wildman–Crippen MR) is 50.2 cm³/mol. The minimum atomic E-state index is 0. The molecule has 1 nitrogen and oxygen atoms in total. The molecule has 3 aliphatic carbocycles. The van der Waals surface area contributed by atoms with Gasteiger partial charge < -0.3 is 5.32 Å². The van der Waals surface area contributed by atoms with E-state index in [1.807, 2.05) is 0 Å². The van der Waals surface area contributed by atoms with Crippen LogP contribution in [0.5, 0.6) is 0 Å². The summed E-state index contributed by atoms with van der Waals surface area (Å²) in [5.74, 6) is 2.09. The van der Waals surface area contributed by atoms with Crippen molar-refractivity contribution in [3.05, 3.63) is 0 Å². The molecule has 3 aliphatic rings. The van der Waals surface area contributed by atoms with E-state index in [9.17, 15) is 0 Å². The molecular formula is C9H18ClN. The molecule has 0 saturated heterocycles. The van der Waals surface area contributed by atoms with Gasteiger partial charge in [0.05, 0.1) is 0 Å². The zero-order chi connectivity index (χ0) is 6.97. The van der Waals surface area contributed by atoms with E-state index in [-0.39, 0.29) is 12.4 Å². The van der Waals surface area contributed by atoms with Gasteiger partial charge in [-0.05, 0) is 38.1 Å². The van der Waals surface area contributed by atoms with Crippen molar-refractivity contribution in [3.63, 3.8) is 0 Å². The van der Waals surface area contributed by atoms with Crippen LogP contribution in [0.25, 0.3) is 0 Å². The lowest BCUT2D eigenvalue weighted by atomic mass is 9.68. The molecule has 0 spiro atoms. The van der Waals surface area contributed by atoms with Crippen molar-refractivity contribution in [3.8, 4) is 0 Å². The van der Waals surface area contributed by atoms with Crippen molar-refractivity contribution in [2.45, 2.75) is 38.1 Å². The maximum Gasteiger partial charge on any atom is 0.00949 e. The molecule has 0 aromatic heterocycles. The largest absolute Gasteiger partial charge is 0.317 e. The summed E-state index contributed by atoms with van der Waals surface area (Å²) in [7, 11) is 2.12. The number of hydrogen-bond acceptors (Lipinski definition) is 1. The van der Waals surface area contributed by atoms with Crippen LogP contribution in [0.1, 0.15) is 32.1 Å². The average Bonchev–Trinajstić information content (AvgIpc) is 2.06. The third-order valence-corrected chi connectivity index (χ3v) is 3.42. The SMILES string of the molecule is CNC1CC2CCC1CC2.Cl. The Hall–Kier alpha value is 0.250. The van der Waals surface area contributed by atoms with E-state index in [4.69, 9.17) is 0 Å². The second-order valence-electron chi connectivity index (χ2n) is 3.91. The fraction of sp³-hybridized carbons (Fsp3) is 1.00. The molecule has 1 N–H and O–H groups in total. The Morgan fingerprint density at radius 3 is 2.00 bits per heavy atom. The average molecular weight is 176 g/mol. The van der Waals surface area contributed by atoms with Crippen LogP contribution in [0, 0.1) is 11.8 Å². The highest BCUT2D eigenvalue weighted by atomic mass is 35.5. The van der Waals surface area contributed by atoms with Crippen LogP contribution in [0.2, 0.25) is 0 Å². The highest BCUT2D eigenvalue weighted by molar-refractivity contribution is 5.85. The zero-order valence-corrected chi connectivity index (χ0v) is 7.99. The van der Waals surface area contributed by atoms with Gasteiger partial charge >= 0.3 is 0 Å². The molecule has 0 aromatic carbocycles. The molecule has 11 heavy (non-hydrogen) atoms.